The predicted molar refractivity (Wildman–Crippen MR) is 66.7 cm³/mol. The number of hydrogen-bond acceptors (Lipinski definition) is 4. The first-order chi connectivity index (χ1) is 8.14. The summed E-state index contributed by atoms with van der Waals surface area (Å²) in [5, 5.41) is 12.2. The van der Waals surface area contributed by atoms with Gasteiger partial charge in [0.2, 0.25) is 0 Å². The number of ether oxygens (including phenoxy) is 2. The molecule has 1 aliphatic rings. The van der Waals surface area contributed by atoms with Crippen molar-refractivity contribution in [3.8, 4) is 6.07 Å². The molecule has 1 saturated heterocycles. The van der Waals surface area contributed by atoms with Crippen molar-refractivity contribution in [1.82, 2.24) is 5.32 Å². The van der Waals surface area contributed by atoms with Crippen molar-refractivity contribution in [2.24, 2.45) is 5.41 Å². The van der Waals surface area contributed by atoms with Crippen LogP contribution in [0.5, 0.6) is 0 Å². The summed E-state index contributed by atoms with van der Waals surface area (Å²) in [4.78, 5) is 0. The van der Waals surface area contributed by atoms with Crippen LogP contribution in [-0.4, -0.2) is 39.0 Å². The summed E-state index contributed by atoms with van der Waals surface area (Å²) in [5.41, 5.74) is -0.180. The number of rotatable bonds is 7. The molecule has 1 N–H and O–H groups in total. The van der Waals surface area contributed by atoms with Gasteiger partial charge in [-0.2, -0.15) is 5.26 Å². The van der Waals surface area contributed by atoms with E-state index in [1.54, 1.807) is 0 Å². The Labute approximate surface area is 104 Å². The highest BCUT2D eigenvalue weighted by Crippen LogP contribution is 2.21. The van der Waals surface area contributed by atoms with Gasteiger partial charge in [-0.1, -0.05) is 6.42 Å². The van der Waals surface area contributed by atoms with E-state index in [-0.39, 0.29) is 11.5 Å². The van der Waals surface area contributed by atoms with E-state index in [4.69, 9.17) is 14.7 Å². The van der Waals surface area contributed by atoms with Crippen LogP contribution < -0.4 is 5.32 Å². The Morgan fingerprint density at radius 1 is 1.35 bits per heavy atom. The molecule has 1 heterocycles. The minimum Gasteiger partial charge on any atom is -0.376 e. The largest absolute Gasteiger partial charge is 0.376 e. The summed E-state index contributed by atoms with van der Waals surface area (Å²) in [6.45, 7) is 7.97. The van der Waals surface area contributed by atoms with Gasteiger partial charge in [-0.05, 0) is 33.2 Å². The van der Waals surface area contributed by atoms with Crippen LogP contribution in [0.1, 0.15) is 33.1 Å². The third kappa shape index (κ3) is 6.62. The molecule has 0 bridgehead atoms. The summed E-state index contributed by atoms with van der Waals surface area (Å²) < 4.78 is 10.8. The van der Waals surface area contributed by atoms with Gasteiger partial charge in [0.1, 0.15) is 0 Å². The fourth-order valence-corrected chi connectivity index (χ4v) is 1.79. The maximum Gasteiger partial charge on any atom is 0.0933 e. The lowest BCUT2D eigenvalue weighted by Gasteiger charge is -2.23. The number of hydrogen-bond donors (Lipinski definition) is 1. The first-order valence-corrected chi connectivity index (χ1v) is 6.45. The molecule has 0 aliphatic carbocycles. The topological polar surface area (TPSA) is 54.3 Å². The lowest BCUT2D eigenvalue weighted by molar-refractivity contribution is -0.0863. The molecule has 1 rings (SSSR count). The molecular formula is C13H24N2O2. The molecule has 98 valence electrons. The molecule has 0 spiro atoms. The minimum atomic E-state index is -0.180. The standard InChI is InChI=1S/C13H24N2O2/c1-13(2,11-14)5-3-4-6-15-9-12-10-16-7-8-17-12/h12,15H,3-10H2,1-2H3. The molecule has 1 aliphatic heterocycles. The van der Waals surface area contributed by atoms with Gasteiger partial charge in [-0.15, -0.1) is 0 Å². The molecule has 0 aromatic heterocycles. The van der Waals surface area contributed by atoms with Crippen LogP contribution in [0.25, 0.3) is 0 Å². The van der Waals surface area contributed by atoms with Crippen molar-refractivity contribution >= 4 is 0 Å². The summed E-state index contributed by atoms with van der Waals surface area (Å²) in [7, 11) is 0. The normalized spacial score (nSPS) is 21.1. The van der Waals surface area contributed by atoms with Crippen LogP contribution in [0.4, 0.5) is 0 Å². The fraction of sp³-hybridized carbons (Fsp3) is 0.923. The van der Waals surface area contributed by atoms with Crippen molar-refractivity contribution in [1.29, 1.82) is 5.26 Å². The monoisotopic (exact) mass is 240 g/mol. The maximum absolute atomic E-state index is 8.87. The Kier molecular flexibility index (Phi) is 6.49. The second-order valence-electron chi connectivity index (χ2n) is 5.22. The van der Waals surface area contributed by atoms with Gasteiger partial charge in [0.15, 0.2) is 0 Å². The Bertz CT molecular complexity index is 242. The SMILES string of the molecule is CC(C)(C#N)CCCCNCC1COCCO1. The van der Waals surface area contributed by atoms with Crippen molar-refractivity contribution in [2.75, 3.05) is 32.9 Å². The highest BCUT2D eigenvalue weighted by molar-refractivity contribution is 4.91. The average molecular weight is 240 g/mol. The predicted octanol–water partition coefficient (Wildman–Crippen LogP) is 1.71. The van der Waals surface area contributed by atoms with Crippen molar-refractivity contribution in [3.05, 3.63) is 0 Å². The van der Waals surface area contributed by atoms with Crippen LogP contribution in [-0.2, 0) is 9.47 Å². The molecule has 0 radical (unpaired) electrons. The molecule has 0 amide bonds. The highest BCUT2D eigenvalue weighted by atomic mass is 16.6. The van der Waals surface area contributed by atoms with Crippen molar-refractivity contribution < 1.29 is 9.47 Å². The third-order valence-corrected chi connectivity index (χ3v) is 2.96. The molecule has 4 heteroatoms. The quantitative estimate of drug-likeness (QED) is 0.688. The van der Waals surface area contributed by atoms with E-state index in [1.807, 2.05) is 13.8 Å². The van der Waals surface area contributed by atoms with Gasteiger partial charge >= 0.3 is 0 Å². The first kappa shape index (κ1) is 14.4. The Morgan fingerprint density at radius 2 is 2.18 bits per heavy atom. The van der Waals surface area contributed by atoms with Crippen LogP contribution in [0.3, 0.4) is 0 Å². The van der Waals surface area contributed by atoms with Crippen molar-refractivity contribution in [2.45, 2.75) is 39.2 Å². The third-order valence-electron chi connectivity index (χ3n) is 2.96. The van der Waals surface area contributed by atoms with E-state index in [2.05, 4.69) is 11.4 Å². The molecule has 4 nitrogen and oxygen atoms in total. The summed E-state index contributed by atoms with van der Waals surface area (Å²) >= 11 is 0. The number of unbranched alkanes of at least 4 members (excludes halogenated alkanes) is 1. The zero-order valence-corrected chi connectivity index (χ0v) is 11.0. The Morgan fingerprint density at radius 3 is 2.82 bits per heavy atom. The highest BCUT2D eigenvalue weighted by Gasteiger charge is 2.16. The molecular weight excluding hydrogens is 216 g/mol. The Hall–Kier alpha value is -0.630. The lowest BCUT2D eigenvalue weighted by atomic mass is 9.89. The van der Waals surface area contributed by atoms with Crippen molar-refractivity contribution in [3.63, 3.8) is 0 Å². The van der Waals surface area contributed by atoms with Gasteiger partial charge in [-0.3, -0.25) is 0 Å². The molecule has 1 unspecified atom stereocenters. The minimum absolute atomic E-state index is 0.180. The van der Waals surface area contributed by atoms with Gasteiger partial charge in [0, 0.05) is 6.54 Å². The smallest absolute Gasteiger partial charge is 0.0933 e. The molecule has 0 aromatic rings. The van der Waals surface area contributed by atoms with Crippen LogP contribution >= 0.6 is 0 Å². The van der Waals surface area contributed by atoms with Gasteiger partial charge in [0.25, 0.3) is 0 Å². The Balaban J connectivity index is 1.92. The van der Waals surface area contributed by atoms with Crippen LogP contribution in [0.2, 0.25) is 0 Å². The van der Waals surface area contributed by atoms with E-state index in [9.17, 15) is 0 Å². The van der Waals surface area contributed by atoms with E-state index < -0.39 is 0 Å². The first-order valence-electron chi connectivity index (χ1n) is 6.45. The second kappa shape index (κ2) is 7.65. The van der Waals surface area contributed by atoms with Crippen LogP contribution in [0.15, 0.2) is 0 Å². The van der Waals surface area contributed by atoms with Gasteiger partial charge < -0.3 is 14.8 Å². The summed E-state index contributed by atoms with van der Waals surface area (Å²) in [5.74, 6) is 0. The van der Waals surface area contributed by atoms with Crippen LogP contribution in [0, 0.1) is 16.7 Å². The maximum atomic E-state index is 8.87. The molecule has 1 fully saturated rings. The zero-order valence-electron chi connectivity index (χ0n) is 11.0. The van der Waals surface area contributed by atoms with Gasteiger partial charge in [-0.25, -0.2) is 0 Å². The molecule has 1 atom stereocenters. The average Bonchev–Trinajstić information content (AvgIpc) is 2.35. The molecule has 0 saturated carbocycles. The number of nitrogens with zero attached hydrogens (tertiary/aromatic N) is 1. The summed E-state index contributed by atoms with van der Waals surface area (Å²) in [6, 6.07) is 2.33. The van der Waals surface area contributed by atoms with E-state index in [0.29, 0.717) is 13.2 Å². The van der Waals surface area contributed by atoms with Gasteiger partial charge in [0.05, 0.1) is 37.4 Å². The van der Waals surface area contributed by atoms with E-state index in [0.717, 1.165) is 39.0 Å². The molecule has 0 aromatic carbocycles. The van der Waals surface area contributed by atoms with E-state index >= 15 is 0 Å². The number of nitriles is 1. The lowest BCUT2D eigenvalue weighted by Crippen LogP contribution is -2.37. The van der Waals surface area contributed by atoms with E-state index in [1.165, 1.54) is 0 Å². The second-order valence-corrected chi connectivity index (χ2v) is 5.22. The fourth-order valence-electron chi connectivity index (χ4n) is 1.79. The zero-order chi connectivity index (χ0) is 12.6. The molecule has 17 heavy (non-hydrogen) atoms. The number of nitrogens with one attached hydrogen (secondary N) is 1. The summed E-state index contributed by atoms with van der Waals surface area (Å²) in [6.07, 6.45) is 3.38.